The van der Waals surface area contributed by atoms with Crippen LogP contribution in [0.25, 0.3) is 0 Å². The van der Waals surface area contributed by atoms with Gasteiger partial charge in [0.05, 0.1) is 0 Å². The number of carbonyl (C=O) groups excluding carboxylic acids is 1. The molecule has 0 bridgehead atoms. The maximum atomic E-state index is 12.7. The van der Waals surface area contributed by atoms with Crippen molar-refractivity contribution in [1.82, 2.24) is 4.90 Å². The number of benzene rings is 2. The van der Waals surface area contributed by atoms with Crippen molar-refractivity contribution in [3.63, 3.8) is 0 Å². The molecule has 21 heavy (non-hydrogen) atoms. The zero-order valence-electron chi connectivity index (χ0n) is 12.0. The number of phenols is 1. The molecule has 2 aromatic rings. The molecule has 1 amide bonds. The Labute approximate surface area is 123 Å². The molecule has 108 valence electrons. The van der Waals surface area contributed by atoms with Gasteiger partial charge in [-0.3, -0.25) is 4.79 Å². The van der Waals surface area contributed by atoms with Crippen LogP contribution in [0.15, 0.2) is 36.4 Å². The molecule has 2 aromatic carbocycles. The Morgan fingerprint density at radius 3 is 2.81 bits per heavy atom. The average molecular weight is 282 g/mol. The minimum atomic E-state index is -0.00575. The molecule has 0 atom stereocenters. The summed E-state index contributed by atoms with van der Waals surface area (Å²) in [5, 5.41) is 9.59. The van der Waals surface area contributed by atoms with Gasteiger partial charge in [-0.2, -0.15) is 0 Å². The number of nitrogens with two attached hydrogens (primary N) is 1. The van der Waals surface area contributed by atoms with E-state index in [0.717, 1.165) is 17.5 Å². The van der Waals surface area contributed by atoms with Crippen molar-refractivity contribution >= 4 is 11.6 Å². The van der Waals surface area contributed by atoms with E-state index in [4.69, 9.17) is 5.73 Å². The van der Waals surface area contributed by atoms with E-state index >= 15 is 0 Å². The molecule has 3 rings (SSSR count). The quantitative estimate of drug-likeness (QED) is 0.790. The number of anilines is 1. The van der Waals surface area contributed by atoms with E-state index in [1.165, 1.54) is 5.56 Å². The number of fused-ring (bicyclic) bond motifs is 1. The summed E-state index contributed by atoms with van der Waals surface area (Å²) in [7, 11) is 0. The lowest BCUT2D eigenvalue weighted by Crippen LogP contribution is -2.36. The smallest absolute Gasteiger partial charge is 0.254 e. The van der Waals surface area contributed by atoms with Gasteiger partial charge in [-0.05, 0) is 54.3 Å². The van der Waals surface area contributed by atoms with Crippen molar-refractivity contribution in [1.29, 1.82) is 0 Å². The van der Waals surface area contributed by atoms with Crippen molar-refractivity contribution in [2.45, 2.75) is 19.9 Å². The Bertz CT molecular complexity index is 710. The van der Waals surface area contributed by atoms with Crippen LogP contribution in [-0.2, 0) is 13.0 Å². The van der Waals surface area contributed by atoms with E-state index in [-0.39, 0.29) is 11.7 Å². The molecule has 4 heteroatoms. The third kappa shape index (κ3) is 2.57. The van der Waals surface area contributed by atoms with Crippen LogP contribution in [0.5, 0.6) is 5.75 Å². The van der Waals surface area contributed by atoms with Crippen LogP contribution in [0.1, 0.15) is 27.0 Å². The summed E-state index contributed by atoms with van der Waals surface area (Å²) >= 11 is 0. The molecule has 0 aromatic heterocycles. The van der Waals surface area contributed by atoms with Crippen LogP contribution in [0.2, 0.25) is 0 Å². The molecule has 3 N–H and O–H groups in total. The predicted octanol–water partition coefficient (Wildman–Crippen LogP) is 2.48. The van der Waals surface area contributed by atoms with Crippen molar-refractivity contribution in [3.8, 4) is 5.75 Å². The van der Waals surface area contributed by atoms with Crippen LogP contribution >= 0.6 is 0 Å². The van der Waals surface area contributed by atoms with Crippen LogP contribution in [0, 0.1) is 6.92 Å². The largest absolute Gasteiger partial charge is 0.508 e. The topological polar surface area (TPSA) is 66.6 Å². The third-order valence-electron chi connectivity index (χ3n) is 3.98. The van der Waals surface area contributed by atoms with Gasteiger partial charge in [-0.25, -0.2) is 0 Å². The predicted molar refractivity (Wildman–Crippen MR) is 82.1 cm³/mol. The van der Waals surface area contributed by atoms with Crippen molar-refractivity contribution in [2.24, 2.45) is 0 Å². The van der Waals surface area contributed by atoms with Crippen LogP contribution in [0.3, 0.4) is 0 Å². The first-order chi connectivity index (χ1) is 10.0. The Hall–Kier alpha value is -2.49. The fourth-order valence-electron chi connectivity index (χ4n) is 2.76. The summed E-state index contributed by atoms with van der Waals surface area (Å²) in [5.74, 6) is 0.233. The van der Waals surface area contributed by atoms with Gasteiger partial charge in [0.2, 0.25) is 0 Å². The molecule has 0 unspecified atom stereocenters. The number of amides is 1. The fourth-order valence-corrected chi connectivity index (χ4v) is 2.76. The number of carbonyl (C=O) groups is 1. The summed E-state index contributed by atoms with van der Waals surface area (Å²) in [6.07, 6.45) is 0.808. The second-order valence-electron chi connectivity index (χ2n) is 5.50. The molecule has 0 saturated carbocycles. The Balaban J connectivity index is 1.88. The van der Waals surface area contributed by atoms with Gasteiger partial charge in [0, 0.05) is 24.3 Å². The first kappa shape index (κ1) is 13.5. The van der Waals surface area contributed by atoms with Gasteiger partial charge in [-0.1, -0.05) is 12.1 Å². The van der Waals surface area contributed by atoms with Gasteiger partial charge in [0.25, 0.3) is 5.91 Å². The van der Waals surface area contributed by atoms with Gasteiger partial charge in [0.15, 0.2) is 0 Å². The second-order valence-corrected chi connectivity index (χ2v) is 5.50. The molecular formula is C17H18N2O2. The zero-order chi connectivity index (χ0) is 15.0. The van der Waals surface area contributed by atoms with Gasteiger partial charge in [0.1, 0.15) is 5.75 Å². The lowest BCUT2D eigenvalue weighted by atomic mass is 9.98. The van der Waals surface area contributed by atoms with E-state index in [1.54, 1.807) is 24.3 Å². The monoisotopic (exact) mass is 282 g/mol. The second kappa shape index (κ2) is 5.13. The molecule has 1 aliphatic rings. The molecule has 0 spiro atoms. The maximum absolute atomic E-state index is 12.7. The van der Waals surface area contributed by atoms with E-state index in [0.29, 0.717) is 24.3 Å². The first-order valence-electron chi connectivity index (χ1n) is 7.01. The highest BCUT2D eigenvalue weighted by atomic mass is 16.3. The van der Waals surface area contributed by atoms with E-state index in [9.17, 15) is 9.90 Å². The van der Waals surface area contributed by atoms with Gasteiger partial charge in [-0.15, -0.1) is 0 Å². The van der Waals surface area contributed by atoms with E-state index in [2.05, 4.69) is 0 Å². The molecule has 0 fully saturated rings. The number of aryl methyl sites for hydroxylation is 1. The number of hydrogen-bond acceptors (Lipinski definition) is 3. The van der Waals surface area contributed by atoms with Crippen molar-refractivity contribution < 1.29 is 9.90 Å². The lowest BCUT2D eigenvalue weighted by Gasteiger charge is -2.29. The van der Waals surface area contributed by atoms with Crippen molar-refractivity contribution in [2.75, 3.05) is 12.3 Å². The van der Waals surface area contributed by atoms with Crippen LogP contribution < -0.4 is 5.73 Å². The zero-order valence-corrected chi connectivity index (χ0v) is 12.0. The number of nitrogens with zero attached hydrogens (tertiary/aromatic N) is 1. The Kier molecular flexibility index (Phi) is 3.29. The minimum absolute atomic E-state index is 0.00575. The lowest BCUT2D eigenvalue weighted by molar-refractivity contribution is 0.0734. The molecule has 4 nitrogen and oxygen atoms in total. The summed E-state index contributed by atoms with van der Waals surface area (Å²) in [6.45, 7) is 3.12. The van der Waals surface area contributed by atoms with Gasteiger partial charge >= 0.3 is 0 Å². The molecule has 0 saturated heterocycles. The standard InChI is InChI=1S/C17H18N2O2/c1-11-2-4-14(18)9-16(11)17(21)19-7-6-12-3-5-15(20)8-13(12)10-19/h2-5,8-9,20H,6-7,10,18H2,1H3. The van der Waals surface area contributed by atoms with Crippen molar-refractivity contribution in [3.05, 3.63) is 58.7 Å². The molecule has 1 heterocycles. The van der Waals surface area contributed by atoms with Crippen LogP contribution in [-0.4, -0.2) is 22.5 Å². The Morgan fingerprint density at radius 2 is 2.00 bits per heavy atom. The van der Waals surface area contributed by atoms with Crippen LogP contribution in [0.4, 0.5) is 5.69 Å². The summed E-state index contributed by atoms with van der Waals surface area (Å²) in [5.41, 5.74) is 10.2. The minimum Gasteiger partial charge on any atom is -0.508 e. The maximum Gasteiger partial charge on any atom is 0.254 e. The van der Waals surface area contributed by atoms with E-state index in [1.807, 2.05) is 24.0 Å². The average Bonchev–Trinajstić information content (AvgIpc) is 2.48. The third-order valence-corrected chi connectivity index (χ3v) is 3.98. The first-order valence-corrected chi connectivity index (χ1v) is 7.01. The van der Waals surface area contributed by atoms with E-state index < -0.39 is 0 Å². The normalized spacial score (nSPS) is 13.9. The highest BCUT2D eigenvalue weighted by Gasteiger charge is 2.23. The highest BCUT2D eigenvalue weighted by Crippen LogP contribution is 2.25. The molecule has 1 aliphatic heterocycles. The molecule has 0 aliphatic carbocycles. The number of rotatable bonds is 1. The molecular weight excluding hydrogens is 264 g/mol. The van der Waals surface area contributed by atoms with Gasteiger partial charge < -0.3 is 15.7 Å². The Morgan fingerprint density at radius 1 is 1.19 bits per heavy atom. The summed E-state index contributed by atoms with van der Waals surface area (Å²) in [4.78, 5) is 14.5. The highest BCUT2D eigenvalue weighted by molar-refractivity contribution is 5.96. The summed E-state index contributed by atoms with van der Waals surface area (Å²) in [6, 6.07) is 10.8. The SMILES string of the molecule is Cc1ccc(N)cc1C(=O)N1CCc2ccc(O)cc2C1. The fraction of sp³-hybridized carbons (Fsp3) is 0.235. The number of phenolic OH excluding ortho intramolecular Hbond substituents is 1. The molecule has 0 radical (unpaired) electrons. The number of nitrogen functional groups attached to an aromatic ring is 1. The number of hydrogen-bond donors (Lipinski definition) is 2. The summed E-state index contributed by atoms with van der Waals surface area (Å²) < 4.78 is 0. The number of aromatic hydroxyl groups is 1.